The van der Waals surface area contributed by atoms with Gasteiger partial charge in [-0.2, -0.15) is 11.3 Å². The van der Waals surface area contributed by atoms with Crippen LogP contribution in [-0.4, -0.2) is 28.2 Å². The van der Waals surface area contributed by atoms with Crippen molar-refractivity contribution in [3.63, 3.8) is 0 Å². The zero-order chi connectivity index (χ0) is 38.3. The molecule has 3 nitrogen and oxygen atoms in total. The number of rotatable bonds is 7. The molecule has 0 N–H and O–H groups in total. The monoisotopic (exact) mass is 886 g/mol. The molecule has 0 aliphatic carbocycles. The van der Waals surface area contributed by atoms with Crippen molar-refractivity contribution < 1.29 is 28.3 Å². The fraction of sp³-hybridized carbons (Fsp3) is 0.341. The maximum absolute atomic E-state index is 8.76. The van der Waals surface area contributed by atoms with Gasteiger partial charge in [0, 0.05) is 37.5 Å². The van der Waals surface area contributed by atoms with Crippen LogP contribution < -0.4 is 4.40 Å². The molecule has 6 rings (SSSR count). The van der Waals surface area contributed by atoms with Gasteiger partial charge in [0.05, 0.1) is 0 Å². The average Bonchev–Trinajstić information content (AvgIpc) is 3.49. The maximum Gasteiger partial charge on any atom is 0 e. The molecule has 0 atom stereocenters. The molecule has 247 valence electrons. The van der Waals surface area contributed by atoms with Crippen LogP contribution in [0, 0.1) is 24.4 Å². The molecule has 1 radical (unpaired) electrons. The van der Waals surface area contributed by atoms with E-state index in [0.29, 0.717) is 4.83 Å². The van der Waals surface area contributed by atoms with Gasteiger partial charge in [-0.15, -0.1) is 23.8 Å². The van der Waals surface area contributed by atoms with E-state index in [1.165, 1.54) is 11.3 Å². The van der Waals surface area contributed by atoms with Crippen molar-refractivity contribution in [3.8, 4) is 22.5 Å². The third-order valence-electron chi connectivity index (χ3n) is 7.78. The summed E-state index contributed by atoms with van der Waals surface area (Å²) >= 11 is -0.782. The van der Waals surface area contributed by atoms with E-state index in [9.17, 15) is 0 Å². The average molecular weight is 885 g/mol. The van der Waals surface area contributed by atoms with E-state index in [2.05, 4.69) is 44.4 Å². The Morgan fingerprint density at radius 1 is 0.936 bits per heavy atom. The summed E-state index contributed by atoms with van der Waals surface area (Å²) in [5.41, 5.74) is 4.71. The summed E-state index contributed by atoms with van der Waals surface area (Å²) in [6, 6.07) is 27.3. The smallest absolute Gasteiger partial charge is 0 e. The molecule has 0 bridgehead atoms. The van der Waals surface area contributed by atoms with Crippen molar-refractivity contribution in [3.05, 3.63) is 108 Å². The van der Waals surface area contributed by atoms with Gasteiger partial charge in [0.25, 0.3) is 0 Å². The van der Waals surface area contributed by atoms with Crippen molar-refractivity contribution in [2.75, 3.05) is 0 Å². The van der Waals surface area contributed by atoms with Gasteiger partial charge in [-0.25, -0.2) is 4.98 Å². The molecular formula is C41H47GeIrN3S-2. The third kappa shape index (κ3) is 9.06. The number of aryl methyl sites for hydroxylation is 1. The molecule has 0 saturated heterocycles. The Labute approximate surface area is 310 Å². The van der Waals surface area contributed by atoms with E-state index in [1.54, 1.807) is 12.3 Å². The Hall–Kier alpha value is -2.70. The number of fused-ring (bicyclic) bond motifs is 3. The van der Waals surface area contributed by atoms with Crippen molar-refractivity contribution in [2.45, 2.75) is 83.8 Å². The van der Waals surface area contributed by atoms with E-state index < -0.39 is 37.8 Å². The van der Waals surface area contributed by atoms with Gasteiger partial charge >= 0.3 is 135 Å². The van der Waals surface area contributed by atoms with Crippen LogP contribution in [0.2, 0.25) is 17.3 Å². The molecule has 4 aromatic heterocycles. The Kier molecular flexibility index (Phi) is 9.75. The summed E-state index contributed by atoms with van der Waals surface area (Å²) in [6.45, 7) is 7.71. The van der Waals surface area contributed by atoms with Gasteiger partial charge in [-0.1, -0.05) is 36.9 Å². The Balaban J connectivity index is 0.000000239. The van der Waals surface area contributed by atoms with Crippen molar-refractivity contribution in [2.24, 2.45) is 5.41 Å². The minimum atomic E-state index is -2.24. The topological polar surface area (TPSA) is 38.7 Å². The van der Waals surface area contributed by atoms with E-state index in [0.717, 1.165) is 66.4 Å². The second-order valence-corrected chi connectivity index (χ2v) is 25.1. The molecular weight excluding hydrogens is 831 g/mol. The summed E-state index contributed by atoms with van der Waals surface area (Å²) in [6.07, 6.45) is 3.71. The summed E-state index contributed by atoms with van der Waals surface area (Å²) in [4.78, 5) is 14.3. The number of hydrogen-bond donors (Lipinski definition) is 0. The van der Waals surface area contributed by atoms with Crippen LogP contribution in [0.25, 0.3) is 42.8 Å². The van der Waals surface area contributed by atoms with Crippen LogP contribution in [0.15, 0.2) is 79.1 Å². The second-order valence-electron chi connectivity index (χ2n) is 13.5. The van der Waals surface area contributed by atoms with Crippen LogP contribution in [0.5, 0.6) is 0 Å². The molecule has 47 heavy (non-hydrogen) atoms. The zero-order valence-electron chi connectivity index (χ0n) is 34.5. The molecule has 0 unspecified atom stereocenters. The first kappa shape index (κ1) is 29.2. The van der Waals surface area contributed by atoms with Crippen LogP contribution in [0.1, 0.15) is 78.4 Å². The molecule has 0 spiro atoms. The standard InChI is InChI=1S/C22H21N2S.C19H26GeN.Ir/c1-4-15(5-2)16-11-12-23-20(13-16)19-8-6-7-17-18-10-9-14(3)24-22(18)25-21(17)19;1-19(2,3)13-16-12-18(15-10-8-7-9-11-15)21-14-17(16)20(4,5)6;/h6-7,9-13,15H,4-5H2,1-3H3;7-10,12,14H,13H2,1-6H3;/q2*-1;/i3D3,15D;13D2;. The van der Waals surface area contributed by atoms with Gasteiger partial charge in [0.1, 0.15) is 4.83 Å². The van der Waals surface area contributed by atoms with Gasteiger partial charge in [0.15, 0.2) is 0 Å². The molecule has 6 heteroatoms. The first-order valence-electron chi connectivity index (χ1n) is 18.9. The van der Waals surface area contributed by atoms with E-state index in [4.69, 9.17) is 8.22 Å². The molecule has 2 aromatic carbocycles. The summed E-state index contributed by atoms with van der Waals surface area (Å²) < 4.78 is 51.2. The van der Waals surface area contributed by atoms with E-state index >= 15 is 0 Å². The van der Waals surface area contributed by atoms with E-state index in [-0.39, 0.29) is 25.8 Å². The summed E-state index contributed by atoms with van der Waals surface area (Å²) in [7, 11) is 0. The number of aromatic nitrogens is 3. The van der Waals surface area contributed by atoms with Gasteiger partial charge in [-0.3, -0.25) is 0 Å². The Morgan fingerprint density at radius 2 is 1.72 bits per heavy atom. The Morgan fingerprint density at radius 3 is 2.38 bits per heavy atom. The van der Waals surface area contributed by atoms with Crippen LogP contribution >= 0.6 is 11.3 Å². The fourth-order valence-electron chi connectivity index (χ4n) is 5.52. The van der Waals surface area contributed by atoms with Crippen molar-refractivity contribution in [1.82, 2.24) is 15.0 Å². The van der Waals surface area contributed by atoms with Gasteiger partial charge in [0.2, 0.25) is 0 Å². The normalized spacial score (nSPS) is 14.5. The first-order chi connectivity index (χ1) is 24.2. The molecule has 0 aliphatic heterocycles. The largest absolute Gasteiger partial charge is 0 e. The number of hydrogen-bond acceptors (Lipinski definition) is 4. The first-order valence-corrected chi connectivity index (χ1v) is 24.1. The van der Waals surface area contributed by atoms with Crippen molar-refractivity contribution >= 4 is 49.3 Å². The summed E-state index contributed by atoms with van der Waals surface area (Å²) in [5, 5.41) is 1.94. The van der Waals surface area contributed by atoms with Crippen LogP contribution in [0.3, 0.4) is 0 Å². The van der Waals surface area contributed by atoms with Crippen LogP contribution in [0.4, 0.5) is 0 Å². The predicted molar refractivity (Wildman–Crippen MR) is 202 cm³/mol. The number of thiophene rings is 1. The number of benzene rings is 2. The third-order valence-corrected chi connectivity index (χ3v) is 13.1. The number of pyridine rings is 3. The molecule has 4 heterocycles. The molecule has 0 fully saturated rings. The van der Waals surface area contributed by atoms with Crippen LogP contribution in [-0.2, 0) is 26.5 Å². The second kappa shape index (κ2) is 15.7. The maximum atomic E-state index is 8.76. The minimum Gasteiger partial charge on any atom is 0 e. The molecule has 0 amide bonds. The van der Waals surface area contributed by atoms with E-state index in [1.807, 2.05) is 101 Å². The fourth-order valence-corrected chi connectivity index (χ4v) is 9.62. The SMILES string of the molecule is [2H]C([2H])([2H])c1ccc2c(n1)sc1c(-c3cc(C([2H])(CC)CC)ccn3)[c-]ccc12.[2H]C([2H])(c1cc(-c2[c-]cccc2)nc[c]1[Ge]([CH3])([CH3])[CH3])C(C)(C)C.[Ir]. The van der Waals surface area contributed by atoms with Gasteiger partial charge in [-0.05, 0) is 53.5 Å². The molecule has 0 aliphatic rings. The molecule has 0 saturated carbocycles. The summed E-state index contributed by atoms with van der Waals surface area (Å²) in [5.74, 6) is 6.22. The number of nitrogens with zero attached hydrogens (tertiary/aromatic N) is 3. The van der Waals surface area contributed by atoms with Gasteiger partial charge < -0.3 is 4.98 Å². The minimum absolute atomic E-state index is 0. The van der Waals surface area contributed by atoms with Crippen molar-refractivity contribution in [1.29, 1.82) is 0 Å². The molecule has 6 aromatic rings. The quantitative estimate of drug-likeness (QED) is 0.118. The zero-order valence-corrected chi connectivity index (χ0v) is 33.8. The Bertz CT molecular complexity index is 2190. The predicted octanol–water partition coefficient (Wildman–Crippen LogP) is 11.2.